The molecule has 4 aromatic rings. The number of nitrogens with zero attached hydrogens (tertiary/aromatic N) is 5. The van der Waals surface area contributed by atoms with Crippen LogP contribution in [0.25, 0.3) is 27.8 Å². The molecule has 1 aliphatic carbocycles. The van der Waals surface area contributed by atoms with Gasteiger partial charge < -0.3 is 19.8 Å². The van der Waals surface area contributed by atoms with Gasteiger partial charge in [-0.3, -0.25) is 0 Å². The molecule has 1 saturated carbocycles. The monoisotopic (exact) mass is 405 g/mol. The Hall–Kier alpha value is -3.20. The highest BCUT2D eigenvalue weighted by molar-refractivity contribution is 5.98. The van der Waals surface area contributed by atoms with E-state index in [4.69, 9.17) is 14.5 Å². The zero-order valence-corrected chi connectivity index (χ0v) is 16.8. The molecule has 1 aliphatic heterocycles. The van der Waals surface area contributed by atoms with Gasteiger partial charge in [0.25, 0.3) is 0 Å². The molecule has 9 nitrogen and oxygen atoms in total. The third-order valence-corrected chi connectivity index (χ3v) is 6.48. The van der Waals surface area contributed by atoms with Crippen molar-refractivity contribution in [2.45, 2.75) is 31.7 Å². The molecule has 9 heteroatoms. The predicted molar refractivity (Wildman–Crippen MR) is 112 cm³/mol. The molecule has 2 N–H and O–H groups in total. The van der Waals surface area contributed by atoms with Crippen LogP contribution in [0, 0.1) is 5.41 Å². The van der Waals surface area contributed by atoms with Gasteiger partial charge in [0.2, 0.25) is 11.8 Å². The second-order valence-electron chi connectivity index (χ2n) is 8.37. The van der Waals surface area contributed by atoms with Crippen LogP contribution in [0.2, 0.25) is 0 Å². The fourth-order valence-corrected chi connectivity index (χ4v) is 4.66. The van der Waals surface area contributed by atoms with Crippen molar-refractivity contribution in [3.05, 3.63) is 30.9 Å². The van der Waals surface area contributed by atoms with Crippen molar-refractivity contribution in [3.8, 4) is 17.0 Å². The number of aromatic amines is 1. The van der Waals surface area contributed by atoms with Gasteiger partial charge in [0.15, 0.2) is 5.65 Å². The van der Waals surface area contributed by atoms with E-state index in [1.165, 1.54) is 12.8 Å². The molecule has 0 atom stereocenters. The number of ether oxygens (including phenoxy) is 2. The van der Waals surface area contributed by atoms with E-state index in [1.807, 2.05) is 24.5 Å². The zero-order valence-electron chi connectivity index (χ0n) is 16.8. The molecule has 0 radical (unpaired) electrons. The molecule has 0 aromatic carbocycles. The molecule has 30 heavy (non-hydrogen) atoms. The summed E-state index contributed by atoms with van der Waals surface area (Å²) in [7, 11) is 1.64. The maximum atomic E-state index is 5.65. The van der Waals surface area contributed by atoms with Crippen LogP contribution in [0.3, 0.4) is 0 Å². The second-order valence-corrected chi connectivity index (χ2v) is 8.37. The number of anilines is 1. The van der Waals surface area contributed by atoms with E-state index in [-0.39, 0.29) is 0 Å². The third kappa shape index (κ3) is 2.80. The van der Waals surface area contributed by atoms with Crippen molar-refractivity contribution >= 4 is 22.6 Å². The van der Waals surface area contributed by atoms with Gasteiger partial charge in [-0.25, -0.2) is 9.50 Å². The molecule has 2 aliphatic rings. The topological polar surface area (TPSA) is 102 Å². The Morgan fingerprint density at radius 1 is 1.27 bits per heavy atom. The lowest BCUT2D eigenvalue weighted by Crippen LogP contribution is -2.47. The van der Waals surface area contributed by atoms with Crippen LogP contribution in [0.15, 0.2) is 30.9 Å². The number of methoxy groups -OCH3 is 1. The Kier molecular flexibility index (Phi) is 3.92. The van der Waals surface area contributed by atoms with Crippen LogP contribution in [0.4, 0.5) is 5.95 Å². The Morgan fingerprint density at radius 3 is 2.90 bits per heavy atom. The smallest absolute Gasteiger partial charge is 0.228 e. The van der Waals surface area contributed by atoms with E-state index < -0.39 is 0 Å². The van der Waals surface area contributed by atoms with Gasteiger partial charge in [-0.15, -0.1) is 0 Å². The molecule has 2 fully saturated rings. The Morgan fingerprint density at radius 2 is 2.13 bits per heavy atom. The number of hydrogen-bond donors (Lipinski definition) is 2. The number of H-pyrrole nitrogens is 1. The summed E-state index contributed by atoms with van der Waals surface area (Å²) in [5.41, 5.74) is 3.95. The van der Waals surface area contributed by atoms with Crippen LogP contribution < -0.4 is 10.1 Å². The lowest BCUT2D eigenvalue weighted by molar-refractivity contribution is -0.131. The van der Waals surface area contributed by atoms with E-state index in [1.54, 1.807) is 18.0 Å². The summed E-state index contributed by atoms with van der Waals surface area (Å²) >= 11 is 0. The molecule has 4 aromatic heterocycles. The summed E-state index contributed by atoms with van der Waals surface area (Å²) in [5, 5.41) is 8.54. The number of aromatic nitrogens is 6. The van der Waals surface area contributed by atoms with Crippen molar-refractivity contribution < 1.29 is 9.47 Å². The largest absolute Gasteiger partial charge is 0.480 e. The summed E-state index contributed by atoms with van der Waals surface area (Å²) in [4.78, 5) is 17.0. The van der Waals surface area contributed by atoms with Crippen molar-refractivity contribution in [2.24, 2.45) is 5.41 Å². The minimum absolute atomic E-state index is 0.378. The number of fused-ring (bicyclic) bond motifs is 2. The third-order valence-electron chi connectivity index (χ3n) is 6.48. The van der Waals surface area contributed by atoms with Gasteiger partial charge in [0.05, 0.1) is 25.7 Å². The highest BCUT2D eigenvalue weighted by Gasteiger charge is 2.41. The summed E-state index contributed by atoms with van der Waals surface area (Å²) in [6, 6.07) is 4.37. The van der Waals surface area contributed by atoms with E-state index in [9.17, 15) is 0 Å². The molecule has 1 saturated heterocycles. The fraction of sp³-hybridized carbons (Fsp3) is 0.429. The first-order chi connectivity index (χ1) is 14.7. The lowest BCUT2D eigenvalue weighted by atomic mass is 9.71. The maximum absolute atomic E-state index is 5.65. The Labute approximate surface area is 172 Å². The number of nitrogens with one attached hydrogen (secondary N) is 2. The van der Waals surface area contributed by atoms with Crippen LogP contribution in [0.5, 0.6) is 5.88 Å². The Bertz CT molecular complexity index is 1220. The molecule has 6 rings (SSSR count). The summed E-state index contributed by atoms with van der Waals surface area (Å²) in [6.07, 6.45) is 9.99. The standard InChI is InChI=1S/C21H23N7O2/c1-29-19-17-15(13-4-7-28-16(8-13)23-12-24-28)9-22-18(17)26-20(27-19)25-14-2-5-21(6-3-14)10-30-11-21/h4,7-9,12,14H,2-3,5-6,10-11H2,1H3,(H2,22,25,26,27). The maximum Gasteiger partial charge on any atom is 0.228 e. The van der Waals surface area contributed by atoms with Gasteiger partial charge in [0.1, 0.15) is 12.0 Å². The highest BCUT2D eigenvalue weighted by Crippen LogP contribution is 2.43. The predicted octanol–water partition coefficient (Wildman–Crippen LogP) is 3.05. The van der Waals surface area contributed by atoms with Crippen molar-refractivity contribution in [2.75, 3.05) is 25.6 Å². The molecule has 154 valence electrons. The van der Waals surface area contributed by atoms with Gasteiger partial charge in [-0.1, -0.05) is 0 Å². The first kappa shape index (κ1) is 17.6. The Balaban J connectivity index is 1.31. The van der Waals surface area contributed by atoms with Crippen LogP contribution in [-0.4, -0.2) is 55.9 Å². The van der Waals surface area contributed by atoms with Gasteiger partial charge in [-0.05, 0) is 43.4 Å². The first-order valence-electron chi connectivity index (χ1n) is 10.3. The van der Waals surface area contributed by atoms with Gasteiger partial charge >= 0.3 is 0 Å². The average Bonchev–Trinajstić information content (AvgIpc) is 3.39. The van der Waals surface area contributed by atoms with E-state index in [2.05, 4.69) is 25.4 Å². The van der Waals surface area contributed by atoms with E-state index in [0.717, 1.165) is 53.9 Å². The minimum atomic E-state index is 0.378. The van der Waals surface area contributed by atoms with Gasteiger partial charge in [0, 0.05) is 29.4 Å². The molecule has 1 spiro atoms. The molecular weight excluding hydrogens is 382 g/mol. The van der Waals surface area contributed by atoms with E-state index in [0.29, 0.717) is 23.3 Å². The fourth-order valence-electron chi connectivity index (χ4n) is 4.66. The molecule has 0 bridgehead atoms. The quantitative estimate of drug-likeness (QED) is 0.538. The van der Waals surface area contributed by atoms with Crippen molar-refractivity contribution in [1.29, 1.82) is 0 Å². The number of pyridine rings is 1. The van der Waals surface area contributed by atoms with Crippen LogP contribution in [0.1, 0.15) is 25.7 Å². The zero-order chi connectivity index (χ0) is 20.1. The summed E-state index contributed by atoms with van der Waals surface area (Å²) in [5.74, 6) is 1.16. The highest BCUT2D eigenvalue weighted by atomic mass is 16.5. The number of hydrogen-bond acceptors (Lipinski definition) is 7. The molecule has 0 unspecified atom stereocenters. The summed E-state index contributed by atoms with van der Waals surface area (Å²) in [6.45, 7) is 1.84. The van der Waals surface area contributed by atoms with Crippen LogP contribution >= 0.6 is 0 Å². The van der Waals surface area contributed by atoms with Crippen molar-refractivity contribution in [1.82, 2.24) is 29.5 Å². The van der Waals surface area contributed by atoms with E-state index >= 15 is 0 Å². The first-order valence-corrected chi connectivity index (χ1v) is 10.3. The average molecular weight is 405 g/mol. The molecular formula is C21H23N7O2. The minimum Gasteiger partial charge on any atom is -0.480 e. The normalized spacial score (nSPS) is 18.7. The number of rotatable bonds is 4. The SMILES string of the molecule is COc1nc(NC2CCC3(CC2)COC3)nc2[nH]cc(-c3ccn4ncnc4c3)c12. The van der Waals surface area contributed by atoms with Crippen molar-refractivity contribution in [3.63, 3.8) is 0 Å². The second kappa shape index (κ2) is 6.66. The summed E-state index contributed by atoms with van der Waals surface area (Å²) < 4.78 is 12.8. The molecule has 5 heterocycles. The van der Waals surface area contributed by atoms with Gasteiger partial charge in [-0.2, -0.15) is 15.1 Å². The molecule has 0 amide bonds. The van der Waals surface area contributed by atoms with Crippen LogP contribution in [-0.2, 0) is 4.74 Å². The lowest BCUT2D eigenvalue weighted by Gasteiger charge is -2.46.